The summed E-state index contributed by atoms with van der Waals surface area (Å²) in [5.74, 6) is 7.48. The van der Waals surface area contributed by atoms with Crippen LogP contribution in [0.5, 0.6) is 0 Å². The van der Waals surface area contributed by atoms with Crippen molar-refractivity contribution in [3.8, 4) is 11.4 Å². The van der Waals surface area contributed by atoms with Gasteiger partial charge in [0.1, 0.15) is 5.82 Å². The second kappa shape index (κ2) is 5.89. The Hall–Kier alpha value is -1.46. The summed E-state index contributed by atoms with van der Waals surface area (Å²) >= 11 is 3.56. The lowest BCUT2D eigenvalue weighted by molar-refractivity contribution is 0.695. The maximum atomic E-state index is 5.55. The quantitative estimate of drug-likeness (QED) is 0.661. The molecule has 1 aliphatic carbocycles. The molecule has 1 heterocycles. The zero-order chi connectivity index (χ0) is 13.9. The minimum absolute atomic E-state index is 0.534. The van der Waals surface area contributed by atoms with Gasteiger partial charge in [0, 0.05) is 27.7 Å². The molecule has 1 aliphatic rings. The van der Waals surface area contributed by atoms with Gasteiger partial charge in [-0.15, -0.1) is 0 Å². The van der Waals surface area contributed by atoms with Crippen LogP contribution in [-0.2, 0) is 0 Å². The number of aromatic nitrogens is 2. The van der Waals surface area contributed by atoms with Crippen LogP contribution in [0.3, 0.4) is 0 Å². The Balaban J connectivity index is 2.06. The van der Waals surface area contributed by atoms with E-state index < -0.39 is 0 Å². The van der Waals surface area contributed by atoms with E-state index in [1.165, 1.54) is 25.7 Å². The second-order valence-electron chi connectivity index (χ2n) is 5.11. The summed E-state index contributed by atoms with van der Waals surface area (Å²) in [5.41, 5.74) is 4.74. The zero-order valence-electron chi connectivity index (χ0n) is 11.1. The molecule has 0 unspecified atom stereocenters. The summed E-state index contributed by atoms with van der Waals surface area (Å²) in [5, 5.41) is 0. The molecule has 3 N–H and O–H groups in total. The van der Waals surface area contributed by atoms with Crippen molar-refractivity contribution < 1.29 is 0 Å². The van der Waals surface area contributed by atoms with E-state index in [0.29, 0.717) is 11.7 Å². The molecule has 3 rings (SSSR count). The standard InChI is InChI=1S/C15H17BrN4/c16-12-8-4-3-7-11(12)15-18-13(9-14(19-15)20-17)10-5-1-2-6-10/h3-4,7-10H,1-2,5-6,17H2,(H,18,19,20). The van der Waals surface area contributed by atoms with Gasteiger partial charge in [-0.2, -0.15) is 0 Å². The molecule has 4 nitrogen and oxygen atoms in total. The maximum Gasteiger partial charge on any atom is 0.162 e. The van der Waals surface area contributed by atoms with E-state index in [1.54, 1.807) is 0 Å². The first-order chi connectivity index (χ1) is 9.78. The van der Waals surface area contributed by atoms with Crippen LogP contribution in [0.25, 0.3) is 11.4 Å². The van der Waals surface area contributed by atoms with Gasteiger partial charge in [-0.05, 0) is 18.9 Å². The molecule has 5 heteroatoms. The number of nitrogens with one attached hydrogen (secondary N) is 1. The first kappa shape index (κ1) is 13.5. The first-order valence-electron chi connectivity index (χ1n) is 6.88. The Morgan fingerprint density at radius 1 is 1.15 bits per heavy atom. The summed E-state index contributed by atoms with van der Waals surface area (Å²) in [4.78, 5) is 9.23. The molecule has 1 aromatic heterocycles. The van der Waals surface area contributed by atoms with Crippen LogP contribution in [-0.4, -0.2) is 9.97 Å². The molecule has 104 valence electrons. The van der Waals surface area contributed by atoms with Crippen molar-refractivity contribution in [3.05, 3.63) is 40.5 Å². The third-order valence-corrected chi connectivity index (χ3v) is 4.47. The lowest BCUT2D eigenvalue weighted by atomic mass is 10.0. The third-order valence-electron chi connectivity index (χ3n) is 3.78. The Morgan fingerprint density at radius 2 is 1.90 bits per heavy atom. The van der Waals surface area contributed by atoms with Crippen LogP contribution in [0.2, 0.25) is 0 Å². The van der Waals surface area contributed by atoms with Gasteiger partial charge in [-0.3, -0.25) is 0 Å². The number of nitrogens with two attached hydrogens (primary N) is 1. The monoisotopic (exact) mass is 332 g/mol. The van der Waals surface area contributed by atoms with Crippen LogP contribution >= 0.6 is 15.9 Å². The van der Waals surface area contributed by atoms with Gasteiger partial charge in [0.05, 0.1) is 0 Å². The molecule has 0 radical (unpaired) electrons. The number of hydrogen-bond acceptors (Lipinski definition) is 4. The average molecular weight is 333 g/mol. The summed E-state index contributed by atoms with van der Waals surface area (Å²) < 4.78 is 0.992. The normalized spacial score (nSPS) is 15.5. The first-order valence-corrected chi connectivity index (χ1v) is 7.67. The van der Waals surface area contributed by atoms with Crippen molar-refractivity contribution in [1.82, 2.24) is 9.97 Å². The Bertz CT molecular complexity index is 609. The molecule has 2 aromatic rings. The van der Waals surface area contributed by atoms with E-state index in [0.717, 1.165) is 21.6 Å². The summed E-state index contributed by atoms with van der Waals surface area (Å²) in [6.45, 7) is 0. The van der Waals surface area contributed by atoms with Crippen molar-refractivity contribution in [2.45, 2.75) is 31.6 Å². The molecule has 1 aromatic carbocycles. The number of benzene rings is 1. The van der Waals surface area contributed by atoms with E-state index in [1.807, 2.05) is 30.3 Å². The fourth-order valence-electron chi connectivity index (χ4n) is 2.73. The topological polar surface area (TPSA) is 63.8 Å². The van der Waals surface area contributed by atoms with Crippen LogP contribution in [0.15, 0.2) is 34.8 Å². The molecule has 0 saturated heterocycles. The van der Waals surface area contributed by atoms with E-state index in [-0.39, 0.29) is 0 Å². The van der Waals surface area contributed by atoms with Crippen molar-refractivity contribution >= 4 is 21.7 Å². The third kappa shape index (κ3) is 2.69. The van der Waals surface area contributed by atoms with Crippen molar-refractivity contribution in [1.29, 1.82) is 0 Å². The minimum atomic E-state index is 0.534. The number of halogens is 1. The van der Waals surface area contributed by atoms with Gasteiger partial charge >= 0.3 is 0 Å². The predicted molar refractivity (Wildman–Crippen MR) is 84.2 cm³/mol. The highest BCUT2D eigenvalue weighted by molar-refractivity contribution is 9.10. The molecular formula is C15H17BrN4. The van der Waals surface area contributed by atoms with Crippen LogP contribution in [0.4, 0.5) is 5.82 Å². The van der Waals surface area contributed by atoms with E-state index >= 15 is 0 Å². The molecule has 0 atom stereocenters. The molecular weight excluding hydrogens is 316 g/mol. The van der Waals surface area contributed by atoms with E-state index in [2.05, 4.69) is 26.3 Å². The number of anilines is 1. The van der Waals surface area contributed by atoms with Crippen molar-refractivity contribution in [3.63, 3.8) is 0 Å². The largest absolute Gasteiger partial charge is 0.308 e. The van der Waals surface area contributed by atoms with Crippen molar-refractivity contribution in [2.75, 3.05) is 5.43 Å². The molecule has 0 bridgehead atoms. The van der Waals surface area contributed by atoms with E-state index in [9.17, 15) is 0 Å². The van der Waals surface area contributed by atoms with E-state index in [4.69, 9.17) is 10.8 Å². The summed E-state index contributed by atoms with van der Waals surface area (Å²) in [6.07, 6.45) is 4.97. The minimum Gasteiger partial charge on any atom is -0.308 e. The van der Waals surface area contributed by atoms with Crippen molar-refractivity contribution in [2.24, 2.45) is 5.84 Å². The number of rotatable bonds is 3. The Kier molecular flexibility index (Phi) is 3.98. The highest BCUT2D eigenvalue weighted by Gasteiger charge is 2.20. The number of nitrogen functional groups attached to an aromatic ring is 1. The molecule has 0 amide bonds. The summed E-state index contributed by atoms with van der Waals surface area (Å²) in [7, 11) is 0. The van der Waals surface area contributed by atoms with Crippen LogP contribution in [0.1, 0.15) is 37.3 Å². The van der Waals surface area contributed by atoms with Crippen LogP contribution < -0.4 is 11.3 Å². The SMILES string of the molecule is NNc1cc(C2CCCC2)nc(-c2ccccc2Br)n1. The number of hydrogen-bond donors (Lipinski definition) is 2. The molecule has 1 fully saturated rings. The maximum absolute atomic E-state index is 5.55. The van der Waals surface area contributed by atoms with Gasteiger partial charge in [0.15, 0.2) is 5.82 Å². The van der Waals surface area contributed by atoms with Gasteiger partial charge in [-0.25, -0.2) is 15.8 Å². The van der Waals surface area contributed by atoms with Gasteiger partial charge in [0.2, 0.25) is 0 Å². The fourth-order valence-corrected chi connectivity index (χ4v) is 3.20. The highest BCUT2D eigenvalue weighted by atomic mass is 79.9. The average Bonchev–Trinajstić information content (AvgIpc) is 3.01. The van der Waals surface area contributed by atoms with Gasteiger partial charge < -0.3 is 5.43 Å². The Labute approximate surface area is 126 Å². The van der Waals surface area contributed by atoms with Crippen LogP contribution in [0, 0.1) is 0 Å². The number of nitrogens with zero attached hydrogens (tertiary/aromatic N) is 2. The Morgan fingerprint density at radius 3 is 2.60 bits per heavy atom. The smallest absolute Gasteiger partial charge is 0.162 e. The molecule has 0 aliphatic heterocycles. The number of hydrazine groups is 1. The molecule has 20 heavy (non-hydrogen) atoms. The van der Waals surface area contributed by atoms with Gasteiger partial charge in [0.25, 0.3) is 0 Å². The second-order valence-corrected chi connectivity index (χ2v) is 5.96. The van der Waals surface area contributed by atoms with Gasteiger partial charge in [-0.1, -0.05) is 47.0 Å². The molecule has 1 saturated carbocycles. The molecule has 0 spiro atoms. The predicted octanol–water partition coefficient (Wildman–Crippen LogP) is 3.85. The lowest BCUT2D eigenvalue weighted by Crippen LogP contribution is -2.11. The fraction of sp³-hybridized carbons (Fsp3) is 0.333. The zero-order valence-corrected chi connectivity index (χ0v) is 12.7. The highest BCUT2D eigenvalue weighted by Crippen LogP contribution is 2.35. The lowest BCUT2D eigenvalue weighted by Gasteiger charge is -2.13. The summed E-state index contributed by atoms with van der Waals surface area (Å²) in [6, 6.07) is 9.95.